The number of carboxylic acids is 1. The van der Waals surface area contributed by atoms with Crippen LogP contribution in [0, 0.1) is 10.1 Å². The lowest BCUT2D eigenvalue weighted by atomic mass is 10.1. The number of hydrogen-bond acceptors (Lipinski definition) is 6. The second kappa shape index (κ2) is 6.61. The lowest BCUT2D eigenvalue weighted by Gasteiger charge is -2.32. The summed E-state index contributed by atoms with van der Waals surface area (Å²) in [6.45, 7) is 3.76. The fourth-order valence-corrected chi connectivity index (χ4v) is 2.29. The molecule has 1 aromatic rings. The molecule has 114 valence electrons. The molecule has 0 radical (unpaired) electrons. The molecule has 0 saturated carbocycles. The van der Waals surface area contributed by atoms with Crippen LogP contribution in [0.15, 0.2) is 18.2 Å². The number of nitro groups is 1. The van der Waals surface area contributed by atoms with Gasteiger partial charge in [0.25, 0.3) is 5.69 Å². The molecule has 2 rings (SSSR count). The Labute approximate surface area is 122 Å². The summed E-state index contributed by atoms with van der Waals surface area (Å²) >= 11 is 0. The van der Waals surface area contributed by atoms with Crippen LogP contribution in [0.1, 0.15) is 15.9 Å². The van der Waals surface area contributed by atoms with Crippen molar-refractivity contribution in [1.82, 2.24) is 15.3 Å². The van der Waals surface area contributed by atoms with Crippen molar-refractivity contribution in [1.29, 1.82) is 0 Å². The van der Waals surface area contributed by atoms with Crippen LogP contribution in [-0.2, 0) is 6.54 Å². The number of likely N-dealkylation sites (N-methyl/N-ethyl adjacent to an activating group) is 1. The fourth-order valence-electron chi connectivity index (χ4n) is 2.29. The Kier molecular flexibility index (Phi) is 4.84. The number of aromatic carboxylic acids is 1. The molecule has 1 heterocycles. The van der Waals surface area contributed by atoms with E-state index >= 15 is 0 Å². The first-order valence-electron chi connectivity index (χ1n) is 6.65. The van der Waals surface area contributed by atoms with Gasteiger partial charge in [0, 0.05) is 38.8 Å². The number of piperazine rings is 1. The molecule has 0 atom stereocenters. The zero-order valence-corrected chi connectivity index (χ0v) is 11.8. The minimum Gasteiger partial charge on any atom is -0.477 e. The molecule has 1 saturated heterocycles. The SMILES string of the molecule is CN1CCN(NCc2cccc([N+](=O)[O-])c2C(=O)O)CC1. The van der Waals surface area contributed by atoms with E-state index in [1.54, 1.807) is 6.07 Å². The normalized spacial score (nSPS) is 16.8. The molecule has 8 heteroatoms. The predicted molar refractivity (Wildman–Crippen MR) is 76.0 cm³/mol. The smallest absolute Gasteiger partial charge is 0.343 e. The Balaban J connectivity index is 2.11. The van der Waals surface area contributed by atoms with Crippen LogP contribution in [0.4, 0.5) is 5.69 Å². The molecule has 0 aromatic heterocycles. The topological polar surface area (TPSA) is 99.0 Å². The summed E-state index contributed by atoms with van der Waals surface area (Å²) in [7, 11) is 2.04. The molecule has 0 unspecified atom stereocenters. The molecule has 0 bridgehead atoms. The number of nitro benzene ring substituents is 1. The number of nitrogens with one attached hydrogen (secondary N) is 1. The highest BCUT2D eigenvalue weighted by atomic mass is 16.6. The van der Waals surface area contributed by atoms with Crippen LogP contribution >= 0.6 is 0 Å². The van der Waals surface area contributed by atoms with Gasteiger partial charge in [0.1, 0.15) is 5.56 Å². The maximum absolute atomic E-state index is 11.3. The van der Waals surface area contributed by atoms with Crippen LogP contribution in [0.3, 0.4) is 0 Å². The van der Waals surface area contributed by atoms with E-state index in [2.05, 4.69) is 10.3 Å². The number of carboxylic acid groups (broad SMARTS) is 1. The average Bonchev–Trinajstić information content (AvgIpc) is 2.46. The van der Waals surface area contributed by atoms with Gasteiger partial charge in [-0.2, -0.15) is 0 Å². The van der Waals surface area contributed by atoms with Gasteiger partial charge in [-0.1, -0.05) is 12.1 Å². The van der Waals surface area contributed by atoms with Crippen molar-refractivity contribution < 1.29 is 14.8 Å². The Morgan fingerprint density at radius 2 is 2.05 bits per heavy atom. The Hall–Kier alpha value is -2.03. The van der Waals surface area contributed by atoms with Crippen LogP contribution in [0.25, 0.3) is 0 Å². The second-order valence-electron chi connectivity index (χ2n) is 5.00. The van der Waals surface area contributed by atoms with Crippen molar-refractivity contribution in [3.8, 4) is 0 Å². The molecule has 1 aliphatic rings. The number of benzene rings is 1. The van der Waals surface area contributed by atoms with E-state index in [4.69, 9.17) is 0 Å². The van der Waals surface area contributed by atoms with Gasteiger partial charge in [-0.15, -0.1) is 0 Å². The first-order valence-corrected chi connectivity index (χ1v) is 6.65. The maximum Gasteiger partial charge on any atom is 0.343 e. The zero-order chi connectivity index (χ0) is 15.4. The Morgan fingerprint density at radius 3 is 2.62 bits per heavy atom. The van der Waals surface area contributed by atoms with Crippen molar-refractivity contribution >= 4 is 11.7 Å². The average molecular weight is 294 g/mol. The third kappa shape index (κ3) is 3.75. The van der Waals surface area contributed by atoms with Gasteiger partial charge in [0.15, 0.2) is 0 Å². The molecular formula is C13H18N4O4. The number of nitrogens with zero attached hydrogens (tertiary/aromatic N) is 3. The minimum absolute atomic E-state index is 0.246. The van der Waals surface area contributed by atoms with Gasteiger partial charge in [0.2, 0.25) is 0 Å². The van der Waals surface area contributed by atoms with Crippen LogP contribution in [0.2, 0.25) is 0 Å². The van der Waals surface area contributed by atoms with E-state index in [-0.39, 0.29) is 17.8 Å². The Morgan fingerprint density at radius 1 is 1.38 bits per heavy atom. The monoisotopic (exact) mass is 294 g/mol. The summed E-state index contributed by atoms with van der Waals surface area (Å²) in [6, 6.07) is 4.31. The second-order valence-corrected chi connectivity index (χ2v) is 5.00. The lowest BCUT2D eigenvalue weighted by molar-refractivity contribution is -0.385. The third-order valence-electron chi connectivity index (χ3n) is 3.54. The van der Waals surface area contributed by atoms with Gasteiger partial charge in [-0.25, -0.2) is 9.80 Å². The molecule has 1 aliphatic heterocycles. The molecule has 0 amide bonds. The quantitative estimate of drug-likeness (QED) is 0.604. The molecule has 2 N–H and O–H groups in total. The maximum atomic E-state index is 11.3. The highest BCUT2D eigenvalue weighted by Gasteiger charge is 2.23. The Bertz CT molecular complexity index is 541. The summed E-state index contributed by atoms with van der Waals surface area (Å²) in [5, 5.41) is 22.1. The number of hydrazine groups is 1. The van der Waals surface area contributed by atoms with Gasteiger partial charge in [-0.05, 0) is 12.6 Å². The van der Waals surface area contributed by atoms with Crippen LogP contribution in [0.5, 0.6) is 0 Å². The third-order valence-corrected chi connectivity index (χ3v) is 3.54. The largest absolute Gasteiger partial charge is 0.477 e. The fraction of sp³-hybridized carbons (Fsp3) is 0.462. The van der Waals surface area contributed by atoms with Gasteiger partial charge in [0.05, 0.1) is 4.92 Å². The summed E-state index contributed by atoms with van der Waals surface area (Å²) in [5.74, 6) is -1.28. The van der Waals surface area contributed by atoms with E-state index in [1.165, 1.54) is 12.1 Å². The molecular weight excluding hydrogens is 276 g/mol. The van der Waals surface area contributed by atoms with E-state index in [0.717, 1.165) is 26.2 Å². The number of rotatable bonds is 5. The molecule has 0 spiro atoms. The molecule has 1 fully saturated rings. The number of carbonyl (C=O) groups is 1. The van der Waals surface area contributed by atoms with E-state index in [0.29, 0.717) is 5.56 Å². The predicted octanol–water partition coefficient (Wildman–Crippen LogP) is 0.545. The van der Waals surface area contributed by atoms with Crippen LogP contribution in [-0.4, -0.2) is 59.1 Å². The highest BCUT2D eigenvalue weighted by molar-refractivity contribution is 5.94. The zero-order valence-electron chi connectivity index (χ0n) is 11.8. The molecule has 21 heavy (non-hydrogen) atoms. The van der Waals surface area contributed by atoms with Crippen molar-refractivity contribution in [2.75, 3.05) is 33.2 Å². The van der Waals surface area contributed by atoms with Crippen LogP contribution < -0.4 is 5.43 Å². The van der Waals surface area contributed by atoms with Crippen molar-refractivity contribution in [3.05, 3.63) is 39.4 Å². The first kappa shape index (κ1) is 15.4. The molecule has 8 nitrogen and oxygen atoms in total. The van der Waals surface area contributed by atoms with Gasteiger partial charge in [-0.3, -0.25) is 15.5 Å². The number of hydrogen-bond donors (Lipinski definition) is 2. The summed E-state index contributed by atoms with van der Waals surface area (Å²) in [4.78, 5) is 23.8. The van der Waals surface area contributed by atoms with Crippen molar-refractivity contribution in [2.24, 2.45) is 0 Å². The highest BCUT2D eigenvalue weighted by Crippen LogP contribution is 2.22. The minimum atomic E-state index is -1.28. The first-order chi connectivity index (χ1) is 9.99. The standard InChI is InChI=1S/C13H18N4O4/c1-15-5-7-16(8-6-15)14-9-10-3-2-4-11(17(20)21)12(10)13(18)19/h2-4,14H,5-9H2,1H3,(H,18,19). The van der Waals surface area contributed by atoms with Gasteiger partial charge < -0.3 is 10.0 Å². The molecule has 1 aromatic carbocycles. The summed E-state index contributed by atoms with van der Waals surface area (Å²) in [6.07, 6.45) is 0. The van der Waals surface area contributed by atoms with Crippen molar-refractivity contribution in [2.45, 2.75) is 6.54 Å². The van der Waals surface area contributed by atoms with E-state index in [9.17, 15) is 20.0 Å². The summed E-state index contributed by atoms with van der Waals surface area (Å²) in [5.41, 5.74) is 2.93. The van der Waals surface area contributed by atoms with Crippen molar-refractivity contribution in [3.63, 3.8) is 0 Å². The van der Waals surface area contributed by atoms with E-state index in [1.807, 2.05) is 12.1 Å². The molecule has 0 aliphatic carbocycles. The summed E-state index contributed by atoms with van der Waals surface area (Å²) < 4.78 is 0. The lowest BCUT2D eigenvalue weighted by Crippen LogP contribution is -2.50. The van der Waals surface area contributed by atoms with Gasteiger partial charge >= 0.3 is 5.97 Å². The van der Waals surface area contributed by atoms with E-state index < -0.39 is 10.9 Å².